The van der Waals surface area contributed by atoms with Gasteiger partial charge in [0.15, 0.2) is 5.82 Å². The zero-order chi connectivity index (χ0) is 38.1. The fourth-order valence-corrected chi connectivity index (χ4v) is 9.57. The van der Waals surface area contributed by atoms with Gasteiger partial charge in [0.1, 0.15) is 0 Å². The van der Waals surface area contributed by atoms with Crippen LogP contribution in [-0.2, 0) is 5.41 Å². The minimum Gasteiger partial charge on any atom is -0.228 e. The molecular weight excluding hydrogens is 689 g/mol. The van der Waals surface area contributed by atoms with Crippen LogP contribution in [0.5, 0.6) is 0 Å². The average Bonchev–Trinajstić information content (AvgIpc) is 3.51. The molecule has 1 aliphatic carbocycles. The van der Waals surface area contributed by atoms with Crippen LogP contribution in [0.3, 0.4) is 0 Å². The highest BCUT2D eigenvalue weighted by Gasteiger charge is 2.37. The van der Waals surface area contributed by atoms with E-state index in [9.17, 15) is 0 Å². The van der Waals surface area contributed by atoms with Crippen molar-refractivity contribution in [1.29, 1.82) is 0 Å². The molecule has 0 N–H and O–H groups in total. The van der Waals surface area contributed by atoms with Crippen LogP contribution in [0.4, 0.5) is 0 Å². The predicted octanol–water partition coefficient (Wildman–Crippen LogP) is 14.6. The maximum absolute atomic E-state index is 5.51. The summed E-state index contributed by atoms with van der Waals surface area (Å²) in [6.45, 7) is 4.72. The molecule has 1 aliphatic rings. The van der Waals surface area contributed by atoms with Crippen LogP contribution in [0.1, 0.15) is 25.0 Å². The van der Waals surface area contributed by atoms with E-state index < -0.39 is 0 Å². The smallest absolute Gasteiger partial charge is 0.160 e. The van der Waals surface area contributed by atoms with E-state index in [0.29, 0.717) is 5.82 Å². The predicted molar refractivity (Wildman–Crippen MR) is 239 cm³/mol. The molecule has 1 aromatic heterocycles. The standard InChI is InChI=1S/C55H38N2/c1-55(2)47-31-16-15-25-40(47)45-30-17-29-44(53(45)55)39-24-11-12-26-41(39)48-34-49(57-54(56-48)37-21-7-4-8-22-37)52-43-28-14-13-27-42(43)50(36-19-5-3-6-20-36)46-33-32-35-18-9-10-23-38(35)51(46)52/h3-34H,1-2H3. The summed E-state index contributed by atoms with van der Waals surface area (Å²) in [5, 5.41) is 7.17. The maximum Gasteiger partial charge on any atom is 0.160 e. The summed E-state index contributed by atoms with van der Waals surface area (Å²) in [7, 11) is 0. The summed E-state index contributed by atoms with van der Waals surface area (Å²) in [6.07, 6.45) is 0. The average molecular weight is 727 g/mol. The van der Waals surface area contributed by atoms with Crippen molar-refractivity contribution in [2.45, 2.75) is 19.3 Å². The Kier molecular flexibility index (Phi) is 7.55. The summed E-state index contributed by atoms with van der Waals surface area (Å²) in [4.78, 5) is 10.9. The quantitative estimate of drug-likeness (QED) is 0.130. The molecule has 0 amide bonds. The number of hydrogen-bond acceptors (Lipinski definition) is 2. The molecular formula is C55H38N2. The Morgan fingerprint density at radius 3 is 1.67 bits per heavy atom. The van der Waals surface area contributed by atoms with Crippen molar-refractivity contribution < 1.29 is 0 Å². The largest absolute Gasteiger partial charge is 0.228 e. The Hall–Kier alpha value is -7.16. The Morgan fingerprint density at radius 2 is 0.912 bits per heavy atom. The number of nitrogens with zero attached hydrogens (tertiary/aromatic N) is 2. The van der Waals surface area contributed by atoms with Crippen molar-refractivity contribution >= 4 is 32.3 Å². The minimum atomic E-state index is -0.166. The molecule has 2 heteroatoms. The van der Waals surface area contributed by atoms with Crippen LogP contribution in [0.15, 0.2) is 194 Å². The molecule has 0 bridgehead atoms. The lowest BCUT2D eigenvalue weighted by molar-refractivity contribution is 0.662. The van der Waals surface area contributed by atoms with E-state index >= 15 is 0 Å². The molecule has 0 unspecified atom stereocenters. The zero-order valence-corrected chi connectivity index (χ0v) is 31.9. The van der Waals surface area contributed by atoms with Crippen LogP contribution < -0.4 is 0 Å². The van der Waals surface area contributed by atoms with Crippen LogP contribution in [-0.4, -0.2) is 9.97 Å². The van der Waals surface area contributed by atoms with Gasteiger partial charge in [-0.05, 0) is 77.5 Å². The molecule has 0 fully saturated rings. The highest BCUT2D eigenvalue weighted by Crippen LogP contribution is 2.53. The van der Waals surface area contributed by atoms with Gasteiger partial charge in [-0.15, -0.1) is 0 Å². The van der Waals surface area contributed by atoms with Gasteiger partial charge >= 0.3 is 0 Å². The third-order valence-electron chi connectivity index (χ3n) is 12.1. The van der Waals surface area contributed by atoms with Crippen LogP contribution in [0.2, 0.25) is 0 Å². The molecule has 0 atom stereocenters. The van der Waals surface area contributed by atoms with E-state index in [0.717, 1.165) is 33.5 Å². The fourth-order valence-electron chi connectivity index (χ4n) is 9.57. The Balaban J connectivity index is 1.24. The second kappa shape index (κ2) is 13.0. The molecule has 0 radical (unpaired) electrons. The summed E-state index contributed by atoms with van der Waals surface area (Å²) in [6, 6.07) is 70.1. The van der Waals surface area contributed by atoms with E-state index in [1.54, 1.807) is 0 Å². The van der Waals surface area contributed by atoms with Gasteiger partial charge in [-0.1, -0.05) is 202 Å². The van der Waals surface area contributed by atoms with Crippen molar-refractivity contribution in [3.63, 3.8) is 0 Å². The fraction of sp³-hybridized carbons (Fsp3) is 0.0545. The van der Waals surface area contributed by atoms with Crippen molar-refractivity contribution in [3.05, 3.63) is 205 Å². The summed E-state index contributed by atoms with van der Waals surface area (Å²) >= 11 is 0. The molecule has 2 nitrogen and oxygen atoms in total. The molecule has 9 aromatic carbocycles. The molecule has 268 valence electrons. The Morgan fingerprint density at radius 1 is 0.368 bits per heavy atom. The molecule has 0 saturated carbocycles. The molecule has 10 aromatic rings. The number of rotatable bonds is 5. The summed E-state index contributed by atoms with van der Waals surface area (Å²) in [5.41, 5.74) is 15.0. The van der Waals surface area contributed by atoms with Gasteiger partial charge in [0.25, 0.3) is 0 Å². The Labute approximate surface area is 332 Å². The molecule has 11 rings (SSSR count). The van der Waals surface area contributed by atoms with E-state index in [4.69, 9.17) is 9.97 Å². The van der Waals surface area contributed by atoms with E-state index in [-0.39, 0.29) is 5.41 Å². The molecule has 0 spiro atoms. The van der Waals surface area contributed by atoms with Gasteiger partial charge in [0, 0.05) is 27.5 Å². The van der Waals surface area contributed by atoms with Gasteiger partial charge in [0.2, 0.25) is 0 Å². The molecule has 0 saturated heterocycles. The highest BCUT2D eigenvalue weighted by atomic mass is 14.9. The lowest BCUT2D eigenvalue weighted by Crippen LogP contribution is -2.16. The minimum absolute atomic E-state index is 0.166. The SMILES string of the molecule is CC1(C)c2ccccc2-c2cccc(-c3ccccc3-c3cc(-c4c5ccccc5c(-c5ccccc5)c5ccc6ccccc6c45)nc(-c4ccccc4)n3)c21. The highest BCUT2D eigenvalue weighted by molar-refractivity contribution is 6.27. The number of aromatic nitrogens is 2. The number of benzene rings is 9. The first kappa shape index (κ1) is 33.2. The third kappa shape index (κ3) is 5.18. The molecule has 57 heavy (non-hydrogen) atoms. The topological polar surface area (TPSA) is 25.8 Å². The summed E-state index contributed by atoms with van der Waals surface area (Å²) < 4.78 is 0. The van der Waals surface area contributed by atoms with Crippen molar-refractivity contribution in [2.75, 3.05) is 0 Å². The van der Waals surface area contributed by atoms with E-state index in [1.165, 1.54) is 71.4 Å². The molecule has 1 heterocycles. The van der Waals surface area contributed by atoms with Crippen molar-refractivity contribution in [3.8, 4) is 67.3 Å². The lowest BCUT2D eigenvalue weighted by atomic mass is 9.78. The van der Waals surface area contributed by atoms with Gasteiger partial charge in [-0.25, -0.2) is 9.97 Å². The normalized spacial score (nSPS) is 12.9. The third-order valence-corrected chi connectivity index (χ3v) is 12.1. The van der Waals surface area contributed by atoms with E-state index in [2.05, 4.69) is 208 Å². The van der Waals surface area contributed by atoms with Crippen LogP contribution >= 0.6 is 0 Å². The van der Waals surface area contributed by atoms with Gasteiger partial charge in [0.05, 0.1) is 11.4 Å². The van der Waals surface area contributed by atoms with E-state index in [1.807, 2.05) is 0 Å². The number of hydrogen-bond donors (Lipinski definition) is 0. The first-order valence-electron chi connectivity index (χ1n) is 19.8. The lowest BCUT2D eigenvalue weighted by Gasteiger charge is -2.25. The van der Waals surface area contributed by atoms with Gasteiger partial charge < -0.3 is 0 Å². The second-order valence-corrected chi connectivity index (χ2v) is 15.6. The zero-order valence-electron chi connectivity index (χ0n) is 31.9. The first-order valence-corrected chi connectivity index (χ1v) is 19.8. The maximum atomic E-state index is 5.51. The number of fused-ring (bicyclic) bond motifs is 7. The first-order chi connectivity index (χ1) is 28.1. The van der Waals surface area contributed by atoms with Crippen LogP contribution in [0, 0.1) is 0 Å². The molecule has 0 aliphatic heterocycles. The van der Waals surface area contributed by atoms with Crippen molar-refractivity contribution in [1.82, 2.24) is 9.97 Å². The summed E-state index contributed by atoms with van der Waals surface area (Å²) in [5.74, 6) is 0.702. The van der Waals surface area contributed by atoms with Gasteiger partial charge in [-0.2, -0.15) is 0 Å². The van der Waals surface area contributed by atoms with Crippen molar-refractivity contribution in [2.24, 2.45) is 0 Å². The monoisotopic (exact) mass is 726 g/mol. The Bertz CT molecular complexity index is 3200. The van der Waals surface area contributed by atoms with Crippen LogP contribution in [0.25, 0.3) is 99.6 Å². The second-order valence-electron chi connectivity index (χ2n) is 15.6. The van der Waals surface area contributed by atoms with Gasteiger partial charge in [-0.3, -0.25) is 0 Å².